The Balaban J connectivity index is 1.48. The Kier molecular flexibility index (Phi) is 7.36. The van der Waals surface area contributed by atoms with Gasteiger partial charge in [-0.1, -0.05) is 29.8 Å². The van der Waals surface area contributed by atoms with Gasteiger partial charge < -0.3 is 19.9 Å². The van der Waals surface area contributed by atoms with Crippen LogP contribution in [0.2, 0.25) is 5.02 Å². The highest BCUT2D eigenvalue weighted by molar-refractivity contribution is 6.30. The van der Waals surface area contributed by atoms with Crippen LogP contribution in [-0.2, 0) is 9.59 Å². The normalized spacial score (nSPS) is 15.2. The summed E-state index contributed by atoms with van der Waals surface area (Å²) in [7, 11) is 1.60. The molecule has 2 aromatic carbocycles. The number of rotatable bonds is 6. The van der Waals surface area contributed by atoms with Crippen LogP contribution in [0.15, 0.2) is 54.6 Å². The maximum absolute atomic E-state index is 12.7. The monoisotopic (exact) mass is 427 g/mol. The van der Waals surface area contributed by atoms with Crippen molar-refractivity contribution in [3.8, 4) is 5.75 Å². The SMILES string of the molecule is COc1ccc(/C=C/C(=O)NC(C)C(=O)N2CCN(c3cccc(Cl)c3)CC2)cc1. The number of methoxy groups -OCH3 is 1. The molecule has 158 valence electrons. The summed E-state index contributed by atoms with van der Waals surface area (Å²) in [6, 6.07) is 14.5. The first kappa shape index (κ1) is 21.7. The zero-order valence-corrected chi connectivity index (χ0v) is 17.9. The van der Waals surface area contributed by atoms with Gasteiger partial charge in [0.05, 0.1) is 7.11 Å². The van der Waals surface area contributed by atoms with Crippen LogP contribution < -0.4 is 15.0 Å². The van der Waals surface area contributed by atoms with E-state index in [1.165, 1.54) is 6.08 Å². The molecule has 0 radical (unpaired) electrons. The van der Waals surface area contributed by atoms with Gasteiger partial charge in [0.15, 0.2) is 0 Å². The fourth-order valence-corrected chi connectivity index (χ4v) is 3.53. The fraction of sp³-hybridized carbons (Fsp3) is 0.304. The van der Waals surface area contributed by atoms with Crippen molar-refractivity contribution in [2.24, 2.45) is 0 Å². The van der Waals surface area contributed by atoms with Gasteiger partial charge in [0.1, 0.15) is 11.8 Å². The van der Waals surface area contributed by atoms with E-state index < -0.39 is 6.04 Å². The summed E-state index contributed by atoms with van der Waals surface area (Å²) in [6.07, 6.45) is 3.14. The van der Waals surface area contributed by atoms with Gasteiger partial charge in [0.2, 0.25) is 11.8 Å². The molecule has 1 unspecified atom stereocenters. The molecule has 0 saturated carbocycles. The lowest BCUT2D eigenvalue weighted by Crippen LogP contribution is -2.54. The number of nitrogens with one attached hydrogen (secondary N) is 1. The fourth-order valence-electron chi connectivity index (χ4n) is 3.34. The number of piperazine rings is 1. The Morgan fingerprint density at radius 1 is 1.10 bits per heavy atom. The van der Waals surface area contributed by atoms with Crippen LogP contribution in [0.5, 0.6) is 5.75 Å². The lowest BCUT2D eigenvalue weighted by molar-refractivity contribution is -0.135. The summed E-state index contributed by atoms with van der Waals surface area (Å²) in [4.78, 5) is 28.9. The van der Waals surface area contributed by atoms with Crippen molar-refractivity contribution >= 4 is 35.2 Å². The van der Waals surface area contributed by atoms with Crippen LogP contribution in [-0.4, -0.2) is 56.0 Å². The van der Waals surface area contributed by atoms with Crippen molar-refractivity contribution < 1.29 is 14.3 Å². The van der Waals surface area contributed by atoms with E-state index >= 15 is 0 Å². The maximum Gasteiger partial charge on any atom is 0.244 e. The largest absolute Gasteiger partial charge is 0.497 e. The smallest absolute Gasteiger partial charge is 0.244 e. The van der Waals surface area contributed by atoms with Crippen molar-refractivity contribution in [1.29, 1.82) is 0 Å². The molecule has 1 saturated heterocycles. The Hall–Kier alpha value is -2.99. The van der Waals surface area contributed by atoms with E-state index in [-0.39, 0.29) is 11.8 Å². The van der Waals surface area contributed by atoms with Crippen LogP contribution in [0.1, 0.15) is 12.5 Å². The molecule has 3 rings (SSSR count). The second kappa shape index (κ2) is 10.2. The molecule has 1 heterocycles. The van der Waals surface area contributed by atoms with E-state index in [4.69, 9.17) is 16.3 Å². The van der Waals surface area contributed by atoms with Crippen LogP contribution in [0, 0.1) is 0 Å². The maximum atomic E-state index is 12.7. The highest BCUT2D eigenvalue weighted by Gasteiger charge is 2.25. The van der Waals surface area contributed by atoms with Crippen molar-refractivity contribution in [3.05, 3.63) is 65.2 Å². The molecule has 30 heavy (non-hydrogen) atoms. The minimum Gasteiger partial charge on any atom is -0.497 e. The number of hydrogen-bond donors (Lipinski definition) is 1. The molecule has 2 amide bonds. The molecule has 1 atom stereocenters. The first-order chi connectivity index (χ1) is 14.5. The minimum absolute atomic E-state index is 0.0769. The first-order valence-electron chi connectivity index (χ1n) is 9.88. The third-order valence-electron chi connectivity index (χ3n) is 5.04. The van der Waals surface area contributed by atoms with Gasteiger partial charge >= 0.3 is 0 Å². The number of nitrogens with zero attached hydrogens (tertiary/aromatic N) is 2. The number of halogens is 1. The standard InChI is InChI=1S/C23H26ClN3O3/c1-17(25-22(28)11-8-18-6-9-21(30-2)10-7-18)23(29)27-14-12-26(13-15-27)20-5-3-4-19(24)16-20/h3-11,16-17H,12-15H2,1-2H3,(H,25,28)/b11-8+. The van der Waals surface area contributed by atoms with Gasteiger partial charge in [-0.25, -0.2) is 0 Å². The van der Waals surface area contributed by atoms with Crippen molar-refractivity contribution in [3.63, 3.8) is 0 Å². The van der Waals surface area contributed by atoms with E-state index in [1.54, 1.807) is 25.0 Å². The second-order valence-electron chi connectivity index (χ2n) is 7.13. The van der Waals surface area contributed by atoms with Gasteiger partial charge in [-0.15, -0.1) is 0 Å². The highest BCUT2D eigenvalue weighted by Crippen LogP contribution is 2.21. The van der Waals surface area contributed by atoms with Crippen LogP contribution >= 0.6 is 11.6 Å². The Morgan fingerprint density at radius 2 is 1.80 bits per heavy atom. The second-order valence-corrected chi connectivity index (χ2v) is 7.57. The Morgan fingerprint density at radius 3 is 2.43 bits per heavy atom. The predicted molar refractivity (Wildman–Crippen MR) is 120 cm³/mol. The average Bonchev–Trinajstić information content (AvgIpc) is 2.77. The molecule has 0 bridgehead atoms. The predicted octanol–water partition coefficient (Wildman–Crippen LogP) is 3.22. The number of ether oxygens (including phenoxy) is 1. The molecule has 1 fully saturated rings. The molecule has 1 aliphatic rings. The summed E-state index contributed by atoms with van der Waals surface area (Å²) in [6.45, 7) is 4.37. The molecular formula is C23H26ClN3O3. The van der Waals surface area contributed by atoms with E-state index in [9.17, 15) is 9.59 Å². The topological polar surface area (TPSA) is 61.9 Å². The lowest BCUT2D eigenvalue weighted by atomic mass is 10.2. The zero-order valence-electron chi connectivity index (χ0n) is 17.2. The van der Waals surface area contributed by atoms with Gasteiger partial charge in [0.25, 0.3) is 0 Å². The third-order valence-corrected chi connectivity index (χ3v) is 5.27. The summed E-state index contributed by atoms with van der Waals surface area (Å²) >= 11 is 6.07. The van der Waals surface area contributed by atoms with Crippen molar-refractivity contribution in [2.45, 2.75) is 13.0 Å². The van der Waals surface area contributed by atoms with Gasteiger partial charge in [-0.05, 0) is 48.9 Å². The third kappa shape index (κ3) is 5.76. The summed E-state index contributed by atoms with van der Waals surface area (Å²) in [5.74, 6) is 0.377. The molecule has 0 aliphatic carbocycles. The average molecular weight is 428 g/mol. The molecule has 7 heteroatoms. The van der Waals surface area contributed by atoms with E-state index in [0.717, 1.165) is 30.1 Å². The quantitative estimate of drug-likeness (QED) is 0.719. The molecule has 1 N–H and O–H groups in total. The van der Waals surface area contributed by atoms with Crippen LogP contribution in [0.4, 0.5) is 5.69 Å². The number of carbonyl (C=O) groups is 2. The Bertz CT molecular complexity index is 906. The number of amides is 2. The van der Waals surface area contributed by atoms with Crippen LogP contribution in [0.25, 0.3) is 6.08 Å². The number of anilines is 1. The molecule has 1 aliphatic heterocycles. The van der Waals surface area contributed by atoms with Gasteiger partial charge in [-0.3, -0.25) is 9.59 Å². The van der Waals surface area contributed by atoms with Gasteiger partial charge in [-0.2, -0.15) is 0 Å². The van der Waals surface area contributed by atoms with Crippen molar-refractivity contribution in [1.82, 2.24) is 10.2 Å². The summed E-state index contributed by atoms with van der Waals surface area (Å²) in [5, 5.41) is 3.45. The first-order valence-corrected chi connectivity index (χ1v) is 10.3. The molecule has 0 aromatic heterocycles. The zero-order chi connectivity index (χ0) is 21.5. The van der Waals surface area contributed by atoms with E-state index in [0.29, 0.717) is 18.1 Å². The number of benzene rings is 2. The Labute approximate surface area is 182 Å². The molecule has 6 nitrogen and oxygen atoms in total. The molecular weight excluding hydrogens is 402 g/mol. The number of carbonyl (C=O) groups excluding carboxylic acids is 2. The van der Waals surface area contributed by atoms with Crippen LogP contribution in [0.3, 0.4) is 0 Å². The van der Waals surface area contributed by atoms with E-state index in [2.05, 4.69) is 10.2 Å². The molecule has 2 aromatic rings. The minimum atomic E-state index is -0.587. The number of hydrogen-bond acceptors (Lipinski definition) is 4. The lowest BCUT2D eigenvalue weighted by Gasteiger charge is -2.37. The highest BCUT2D eigenvalue weighted by atomic mass is 35.5. The van der Waals surface area contributed by atoms with E-state index in [1.807, 2.05) is 48.5 Å². The summed E-state index contributed by atoms with van der Waals surface area (Å²) < 4.78 is 5.11. The van der Waals surface area contributed by atoms with Gasteiger partial charge in [0, 0.05) is 43.0 Å². The molecule has 0 spiro atoms. The van der Waals surface area contributed by atoms with Crippen molar-refractivity contribution in [2.75, 3.05) is 38.2 Å². The summed E-state index contributed by atoms with van der Waals surface area (Å²) in [5.41, 5.74) is 1.93.